The Morgan fingerprint density at radius 1 is 0.963 bits per heavy atom. The van der Waals surface area contributed by atoms with Crippen LogP contribution in [0.3, 0.4) is 0 Å². The van der Waals surface area contributed by atoms with Crippen LogP contribution in [-0.4, -0.2) is 24.7 Å². The van der Waals surface area contributed by atoms with Gasteiger partial charge in [-0.2, -0.15) is 5.10 Å². The minimum atomic E-state index is 0.309. The molecule has 4 rings (SSSR count). The lowest BCUT2D eigenvalue weighted by molar-refractivity contribution is 0.768. The Hall–Kier alpha value is -3.21. The van der Waals surface area contributed by atoms with Gasteiger partial charge in [-0.1, -0.05) is 38.1 Å². The second-order valence-electron chi connectivity index (χ2n) is 7.15. The smallest absolute Gasteiger partial charge is 0.109 e. The highest BCUT2D eigenvalue weighted by Gasteiger charge is 2.17. The molecule has 0 atom stereocenters. The summed E-state index contributed by atoms with van der Waals surface area (Å²) in [6, 6.07) is 14.5. The van der Waals surface area contributed by atoms with E-state index in [0.717, 1.165) is 45.3 Å². The van der Waals surface area contributed by atoms with Gasteiger partial charge in [-0.05, 0) is 30.7 Å². The molecule has 0 unspecified atom stereocenters. The average Bonchev–Trinajstić information content (AvgIpc) is 3.29. The van der Waals surface area contributed by atoms with Crippen LogP contribution in [0.4, 0.5) is 0 Å². The van der Waals surface area contributed by atoms with Gasteiger partial charge in [0.1, 0.15) is 5.82 Å². The molecule has 0 aliphatic rings. The van der Waals surface area contributed by atoms with Crippen LogP contribution < -0.4 is 0 Å². The molecule has 5 heteroatoms. The largest absolute Gasteiger partial charge is 0.340 e. The zero-order valence-electron chi connectivity index (χ0n) is 16.1. The molecule has 4 aromatic rings. The number of hydrogen-bond acceptors (Lipinski definition) is 3. The molecule has 3 aromatic heterocycles. The van der Waals surface area contributed by atoms with E-state index >= 15 is 0 Å². The predicted molar refractivity (Wildman–Crippen MR) is 108 cm³/mol. The summed E-state index contributed by atoms with van der Waals surface area (Å²) in [6.45, 7) is 6.29. The second-order valence-corrected chi connectivity index (χ2v) is 7.15. The van der Waals surface area contributed by atoms with Crippen LogP contribution in [0.5, 0.6) is 0 Å². The van der Waals surface area contributed by atoms with Crippen molar-refractivity contribution in [2.75, 3.05) is 0 Å². The fraction of sp³-hybridized carbons (Fsp3) is 0.227. The number of aromatic amines is 1. The molecule has 136 valence electrons. The Labute approximate surface area is 159 Å². The Bertz CT molecular complexity index is 1090. The average molecular weight is 357 g/mol. The molecule has 0 spiro atoms. The van der Waals surface area contributed by atoms with Crippen molar-refractivity contribution in [3.63, 3.8) is 0 Å². The van der Waals surface area contributed by atoms with Gasteiger partial charge in [-0.3, -0.25) is 9.67 Å². The minimum absolute atomic E-state index is 0.309. The van der Waals surface area contributed by atoms with E-state index in [9.17, 15) is 0 Å². The molecule has 0 aliphatic carbocycles. The van der Waals surface area contributed by atoms with Crippen molar-refractivity contribution in [2.45, 2.75) is 26.7 Å². The van der Waals surface area contributed by atoms with Gasteiger partial charge >= 0.3 is 0 Å². The van der Waals surface area contributed by atoms with Crippen LogP contribution in [0.15, 0.2) is 54.9 Å². The third-order valence-electron chi connectivity index (χ3n) is 4.59. The molecule has 1 N–H and O–H groups in total. The number of pyridine rings is 1. The first-order chi connectivity index (χ1) is 13.0. The number of nitrogens with one attached hydrogen (secondary N) is 1. The lowest BCUT2D eigenvalue weighted by Crippen LogP contribution is -1.90. The molecule has 0 saturated carbocycles. The summed E-state index contributed by atoms with van der Waals surface area (Å²) in [6.07, 6.45) is 3.90. The van der Waals surface area contributed by atoms with Crippen LogP contribution in [0, 0.1) is 6.92 Å². The molecule has 1 aromatic carbocycles. The molecule has 0 fully saturated rings. The molecule has 27 heavy (non-hydrogen) atoms. The molecule has 0 radical (unpaired) electrons. The lowest BCUT2D eigenvalue weighted by atomic mass is 10.0. The Morgan fingerprint density at radius 3 is 2.44 bits per heavy atom. The molecular formula is C22H23N5. The van der Waals surface area contributed by atoms with Crippen molar-refractivity contribution in [2.24, 2.45) is 7.05 Å². The van der Waals surface area contributed by atoms with Crippen molar-refractivity contribution in [3.05, 3.63) is 66.4 Å². The van der Waals surface area contributed by atoms with Crippen LogP contribution in [0.2, 0.25) is 0 Å². The number of aryl methyl sites for hydroxylation is 2. The summed E-state index contributed by atoms with van der Waals surface area (Å²) < 4.78 is 1.81. The SMILES string of the molecule is Cc1cccc(-c2[nH]c(C(C)C)nc2-c2cccc(-c3cnn(C)c3)c2)n1. The number of rotatable bonds is 4. The second kappa shape index (κ2) is 6.83. The third kappa shape index (κ3) is 3.40. The van der Waals surface area contributed by atoms with Gasteiger partial charge in [-0.15, -0.1) is 0 Å². The quantitative estimate of drug-likeness (QED) is 0.561. The summed E-state index contributed by atoms with van der Waals surface area (Å²) in [5.74, 6) is 1.28. The van der Waals surface area contributed by atoms with E-state index in [1.165, 1.54) is 0 Å². The standard InChI is InChI=1S/C22H23N5/c1-14(2)22-25-20(21(26-22)19-10-5-7-15(3)24-19)17-9-6-8-16(11-17)18-12-23-27(4)13-18/h5-14H,1-4H3,(H,25,26). The third-order valence-corrected chi connectivity index (χ3v) is 4.59. The first-order valence-electron chi connectivity index (χ1n) is 9.14. The van der Waals surface area contributed by atoms with Gasteiger partial charge in [0.15, 0.2) is 0 Å². The zero-order chi connectivity index (χ0) is 19.0. The fourth-order valence-corrected chi connectivity index (χ4v) is 3.16. The van der Waals surface area contributed by atoms with Crippen LogP contribution in [-0.2, 0) is 7.05 Å². The highest BCUT2D eigenvalue weighted by atomic mass is 15.2. The van der Waals surface area contributed by atoms with Crippen molar-refractivity contribution >= 4 is 0 Å². The molecule has 3 heterocycles. The van der Waals surface area contributed by atoms with Crippen molar-refractivity contribution < 1.29 is 0 Å². The van der Waals surface area contributed by atoms with Gasteiger partial charge in [0, 0.05) is 36.0 Å². The topological polar surface area (TPSA) is 59.4 Å². The number of imidazole rings is 1. The van der Waals surface area contributed by atoms with Crippen LogP contribution in [0.25, 0.3) is 33.8 Å². The number of nitrogens with zero attached hydrogens (tertiary/aromatic N) is 4. The lowest BCUT2D eigenvalue weighted by Gasteiger charge is -2.05. The maximum absolute atomic E-state index is 4.91. The summed E-state index contributed by atoms with van der Waals surface area (Å²) >= 11 is 0. The van der Waals surface area contributed by atoms with Crippen molar-refractivity contribution in [1.82, 2.24) is 24.7 Å². The Kier molecular flexibility index (Phi) is 4.36. The molecule has 0 aliphatic heterocycles. The predicted octanol–water partition coefficient (Wildman–Crippen LogP) is 4.97. The van der Waals surface area contributed by atoms with E-state index in [1.807, 2.05) is 49.2 Å². The summed E-state index contributed by atoms with van der Waals surface area (Å²) in [5.41, 5.74) is 7.08. The van der Waals surface area contributed by atoms with Gasteiger partial charge in [0.2, 0.25) is 0 Å². The Balaban J connectivity index is 1.86. The monoisotopic (exact) mass is 357 g/mol. The molecule has 5 nitrogen and oxygen atoms in total. The van der Waals surface area contributed by atoms with Crippen molar-refractivity contribution in [3.8, 4) is 33.8 Å². The minimum Gasteiger partial charge on any atom is -0.340 e. The first-order valence-corrected chi connectivity index (χ1v) is 9.14. The number of H-pyrrole nitrogens is 1. The Morgan fingerprint density at radius 2 is 1.74 bits per heavy atom. The molecule has 0 bridgehead atoms. The van der Waals surface area contributed by atoms with Gasteiger partial charge in [-0.25, -0.2) is 4.98 Å². The maximum atomic E-state index is 4.91. The fourth-order valence-electron chi connectivity index (χ4n) is 3.16. The van der Waals surface area contributed by atoms with E-state index in [1.54, 1.807) is 0 Å². The van der Waals surface area contributed by atoms with Crippen LogP contribution >= 0.6 is 0 Å². The number of benzene rings is 1. The number of hydrogen-bond donors (Lipinski definition) is 1. The van der Waals surface area contributed by atoms with E-state index in [0.29, 0.717) is 5.92 Å². The molecule has 0 saturated heterocycles. The van der Waals surface area contributed by atoms with E-state index < -0.39 is 0 Å². The summed E-state index contributed by atoms with van der Waals surface area (Å²) in [5, 5.41) is 4.28. The zero-order valence-corrected chi connectivity index (χ0v) is 16.1. The van der Waals surface area contributed by atoms with Crippen LogP contribution in [0.1, 0.15) is 31.3 Å². The highest BCUT2D eigenvalue weighted by molar-refractivity contribution is 5.79. The van der Waals surface area contributed by atoms with E-state index in [4.69, 9.17) is 9.97 Å². The first kappa shape index (κ1) is 17.2. The van der Waals surface area contributed by atoms with Gasteiger partial charge in [0.25, 0.3) is 0 Å². The van der Waals surface area contributed by atoms with E-state index in [2.05, 4.69) is 48.2 Å². The number of aromatic nitrogens is 5. The summed E-state index contributed by atoms with van der Waals surface area (Å²) in [4.78, 5) is 13.1. The maximum Gasteiger partial charge on any atom is 0.109 e. The molecular weight excluding hydrogens is 334 g/mol. The summed E-state index contributed by atoms with van der Waals surface area (Å²) in [7, 11) is 1.93. The van der Waals surface area contributed by atoms with E-state index in [-0.39, 0.29) is 0 Å². The molecule has 0 amide bonds. The normalized spacial score (nSPS) is 11.3. The highest BCUT2D eigenvalue weighted by Crippen LogP contribution is 2.33. The van der Waals surface area contributed by atoms with Gasteiger partial charge < -0.3 is 4.98 Å². The van der Waals surface area contributed by atoms with Crippen molar-refractivity contribution in [1.29, 1.82) is 0 Å². The van der Waals surface area contributed by atoms with Gasteiger partial charge in [0.05, 0.1) is 23.3 Å².